The molecule has 3 aromatic rings. The molecular formula is C23H23N3O4S. The van der Waals surface area contributed by atoms with Crippen LogP contribution in [0.1, 0.15) is 24.2 Å². The van der Waals surface area contributed by atoms with Gasteiger partial charge in [-0.1, -0.05) is 32.0 Å². The van der Waals surface area contributed by atoms with Crippen LogP contribution in [0.2, 0.25) is 0 Å². The van der Waals surface area contributed by atoms with E-state index in [-0.39, 0.29) is 22.6 Å². The fraction of sp³-hybridized carbons (Fsp3) is 0.130. The first kappa shape index (κ1) is 22.0. The number of nitrogens with one attached hydrogen (secondary N) is 3. The van der Waals surface area contributed by atoms with Crippen LogP contribution in [0.25, 0.3) is 0 Å². The topological polar surface area (TPSA) is 104 Å². The molecule has 3 rings (SSSR count). The second-order valence-corrected chi connectivity index (χ2v) is 8.85. The molecule has 0 heterocycles. The number of sulfonamides is 1. The minimum absolute atomic E-state index is 0.0538. The van der Waals surface area contributed by atoms with E-state index in [4.69, 9.17) is 0 Å². The van der Waals surface area contributed by atoms with E-state index >= 15 is 0 Å². The third-order valence-corrected chi connectivity index (χ3v) is 5.78. The maximum absolute atomic E-state index is 12.5. The maximum Gasteiger partial charge on any atom is 0.261 e. The van der Waals surface area contributed by atoms with Gasteiger partial charge < -0.3 is 10.6 Å². The quantitative estimate of drug-likeness (QED) is 0.512. The SMILES string of the molecule is CC(C)C(=O)Nc1ccc(NC(=O)c2ccc(S(=O)(=O)Nc3ccccc3)cc2)cc1. The van der Waals surface area contributed by atoms with Crippen LogP contribution in [0.3, 0.4) is 0 Å². The molecule has 0 radical (unpaired) electrons. The van der Waals surface area contributed by atoms with E-state index in [1.165, 1.54) is 24.3 Å². The molecule has 7 nitrogen and oxygen atoms in total. The van der Waals surface area contributed by atoms with Crippen LogP contribution in [0.4, 0.5) is 17.1 Å². The van der Waals surface area contributed by atoms with Gasteiger partial charge >= 0.3 is 0 Å². The summed E-state index contributed by atoms with van der Waals surface area (Å²) in [5.74, 6) is -0.596. The zero-order chi connectivity index (χ0) is 22.4. The Morgan fingerprint density at radius 2 is 1.26 bits per heavy atom. The summed E-state index contributed by atoms with van der Waals surface area (Å²) in [5, 5.41) is 5.52. The first-order chi connectivity index (χ1) is 14.7. The van der Waals surface area contributed by atoms with Gasteiger partial charge in [0.15, 0.2) is 0 Å². The van der Waals surface area contributed by atoms with Crippen LogP contribution in [-0.4, -0.2) is 20.2 Å². The van der Waals surface area contributed by atoms with E-state index in [1.54, 1.807) is 68.4 Å². The monoisotopic (exact) mass is 437 g/mol. The molecule has 0 unspecified atom stereocenters. The zero-order valence-corrected chi connectivity index (χ0v) is 17.9. The van der Waals surface area contributed by atoms with Gasteiger partial charge in [-0.05, 0) is 60.7 Å². The van der Waals surface area contributed by atoms with Crippen LogP contribution >= 0.6 is 0 Å². The summed E-state index contributed by atoms with van der Waals surface area (Å²) >= 11 is 0. The van der Waals surface area contributed by atoms with Crippen LogP contribution in [0, 0.1) is 5.92 Å². The van der Waals surface area contributed by atoms with E-state index < -0.39 is 10.0 Å². The highest BCUT2D eigenvalue weighted by molar-refractivity contribution is 7.92. The molecule has 0 bridgehead atoms. The molecule has 0 fully saturated rings. The largest absolute Gasteiger partial charge is 0.326 e. The number of carbonyl (C=O) groups excluding carboxylic acids is 2. The number of para-hydroxylation sites is 1. The molecule has 0 aliphatic carbocycles. The second-order valence-electron chi connectivity index (χ2n) is 7.17. The lowest BCUT2D eigenvalue weighted by molar-refractivity contribution is -0.118. The van der Waals surface area contributed by atoms with Gasteiger partial charge in [-0.3, -0.25) is 14.3 Å². The number of amides is 2. The molecule has 31 heavy (non-hydrogen) atoms. The number of hydrogen-bond donors (Lipinski definition) is 3. The number of anilines is 3. The minimum atomic E-state index is -3.75. The first-order valence-electron chi connectivity index (χ1n) is 9.65. The Kier molecular flexibility index (Phi) is 6.71. The van der Waals surface area contributed by atoms with Gasteiger partial charge in [0.25, 0.3) is 15.9 Å². The van der Waals surface area contributed by atoms with E-state index in [2.05, 4.69) is 15.4 Å². The molecule has 2 amide bonds. The Bertz CT molecular complexity index is 1160. The van der Waals surface area contributed by atoms with Crippen LogP contribution < -0.4 is 15.4 Å². The average Bonchev–Trinajstić information content (AvgIpc) is 2.75. The third kappa shape index (κ3) is 5.93. The van der Waals surface area contributed by atoms with Gasteiger partial charge in [-0.25, -0.2) is 8.42 Å². The van der Waals surface area contributed by atoms with Crippen molar-refractivity contribution in [2.75, 3.05) is 15.4 Å². The van der Waals surface area contributed by atoms with Crippen molar-refractivity contribution in [3.63, 3.8) is 0 Å². The van der Waals surface area contributed by atoms with Crippen molar-refractivity contribution < 1.29 is 18.0 Å². The highest BCUT2D eigenvalue weighted by atomic mass is 32.2. The van der Waals surface area contributed by atoms with Crippen molar-refractivity contribution in [2.45, 2.75) is 18.7 Å². The molecule has 3 aromatic carbocycles. The Balaban J connectivity index is 1.64. The summed E-state index contributed by atoms with van der Waals surface area (Å²) in [4.78, 5) is 24.3. The summed E-state index contributed by atoms with van der Waals surface area (Å²) < 4.78 is 27.5. The molecule has 0 saturated heterocycles. The standard InChI is InChI=1S/C23H23N3O4S/c1-16(2)22(27)24-18-10-12-19(13-11-18)25-23(28)17-8-14-21(15-9-17)31(29,30)26-20-6-4-3-5-7-20/h3-16,26H,1-2H3,(H,24,27)(H,25,28). The van der Waals surface area contributed by atoms with Crippen LogP contribution in [-0.2, 0) is 14.8 Å². The molecule has 0 saturated carbocycles. The van der Waals surface area contributed by atoms with Crippen molar-refractivity contribution in [1.29, 1.82) is 0 Å². The smallest absolute Gasteiger partial charge is 0.261 e. The van der Waals surface area contributed by atoms with Crippen molar-refractivity contribution in [2.24, 2.45) is 5.92 Å². The van der Waals surface area contributed by atoms with E-state index in [0.717, 1.165) is 0 Å². The summed E-state index contributed by atoms with van der Waals surface area (Å²) in [6, 6.07) is 21.0. The maximum atomic E-state index is 12.5. The lowest BCUT2D eigenvalue weighted by Crippen LogP contribution is -2.17. The Morgan fingerprint density at radius 3 is 1.81 bits per heavy atom. The molecule has 0 aliphatic rings. The molecular weight excluding hydrogens is 414 g/mol. The van der Waals surface area contributed by atoms with Gasteiger partial charge in [-0.2, -0.15) is 0 Å². The van der Waals surface area contributed by atoms with Crippen molar-refractivity contribution >= 4 is 38.9 Å². The van der Waals surface area contributed by atoms with Gasteiger partial charge in [0.2, 0.25) is 5.91 Å². The Morgan fingerprint density at radius 1 is 0.710 bits per heavy atom. The molecule has 0 spiro atoms. The fourth-order valence-electron chi connectivity index (χ4n) is 2.63. The van der Waals surface area contributed by atoms with Gasteiger partial charge in [0.05, 0.1) is 4.90 Å². The van der Waals surface area contributed by atoms with E-state index in [0.29, 0.717) is 22.6 Å². The highest BCUT2D eigenvalue weighted by Gasteiger charge is 2.15. The predicted molar refractivity (Wildman–Crippen MR) is 122 cm³/mol. The minimum Gasteiger partial charge on any atom is -0.326 e. The molecule has 160 valence electrons. The number of rotatable bonds is 7. The van der Waals surface area contributed by atoms with Crippen molar-refractivity contribution in [3.05, 3.63) is 84.4 Å². The van der Waals surface area contributed by atoms with E-state index in [1.807, 2.05) is 0 Å². The Labute approximate surface area is 181 Å². The van der Waals surface area contributed by atoms with Crippen LogP contribution in [0.15, 0.2) is 83.8 Å². The average molecular weight is 438 g/mol. The summed E-state index contributed by atoms with van der Waals surface area (Å²) in [7, 11) is -3.75. The fourth-order valence-corrected chi connectivity index (χ4v) is 3.69. The van der Waals surface area contributed by atoms with Gasteiger partial charge in [0, 0.05) is 28.5 Å². The van der Waals surface area contributed by atoms with Crippen LogP contribution in [0.5, 0.6) is 0 Å². The second kappa shape index (κ2) is 9.44. The predicted octanol–water partition coefficient (Wildman–Crippen LogP) is 4.33. The summed E-state index contributed by atoms with van der Waals surface area (Å²) in [6.07, 6.45) is 0. The lowest BCUT2D eigenvalue weighted by Gasteiger charge is -2.10. The molecule has 0 atom stereocenters. The number of carbonyl (C=O) groups is 2. The summed E-state index contributed by atoms with van der Waals surface area (Å²) in [6.45, 7) is 3.61. The zero-order valence-electron chi connectivity index (χ0n) is 17.1. The number of hydrogen-bond acceptors (Lipinski definition) is 4. The normalized spacial score (nSPS) is 11.1. The highest BCUT2D eigenvalue weighted by Crippen LogP contribution is 2.18. The molecule has 8 heteroatoms. The Hall–Kier alpha value is -3.65. The van der Waals surface area contributed by atoms with Crippen molar-refractivity contribution in [1.82, 2.24) is 0 Å². The van der Waals surface area contributed by atoms with E-state index in [9.17, 15) is 18.0 Å². The lowest BCUT2D eigenvalue weighted by atomic mass is 10.2. The molecule has 0 aromatic heterocycles. The van der Waals surface area contributed by atoms with Gasteiger partial charge in [-0.15, -0.1) is 0 Å². The summed E-state index contributed by atoms with van der Waals surface area (Å²) in [5.41, 5.74) is 1.96. The molecule has 3 N–H and O–H groups in total. The number of benzene rings is 3. The molecule has 0 aliphatic heterocycles. The van der Waals surface area contributed by atoms with Crippen molar-refractivity contribution in [3.8, 4) is 0 Å². The van der Waals surface area contributed by atoms with Gasteiger partial charge in [0.1, 0.15) is 0 Å². The third-order valence-electron chi connectivity index (χ3n) is 4.39. The first-order valence-corrected chi connectivity index (χ1v) is 11.1.